The molecule has 1 atom stereocenters. The highest BCUT2D eigenvalue weighted by Gasteiger charge is 2.22. The number of nitrogens with one attached hydrogen (secondary N) is 2. The van der Waals surface area contributed by atoms with Crippen LogP contribution in [0.3, 0.4) is 0 Å². The molecule has 1 aliphatic heterocycles. The van der Waals surface area contributed by atoms with Crippen LogP contribution in [0.4, 0.5) is 5.69 Å². The quantitative estimate of drug-likeness (QED) is 0.912. The molecular weight excluding hydrogens is 270 g/mol. The van der Waals surface area contributed by atoms with Crippen molar-refractivity contribution < 1.29 is 4.79 Å². The summed E-state index contributed by atoms with van der Waals surface area (Å²) >= 11 is 1.64. The van der Waals surface area contributed by atoms with E-state index in [-0.39, 0.29) is 11.8 Å². The van der Waals surface area contributed by atoms with Gasteiger partial charge in [0.15, 0.2) is 0 Å². The SMILES string of the molecule is Cc1nc(-c2ccc(NC(=O)C3CCNC3)cc2)cs1. The number of aryl methyl sites for hydroxylation is 1. The van der Waals surface area contributed by atoms with E-state index in [1.807, 2.05) is 36.6 Å². The number of carbonyl (C=O) groups is 1. The van der Waals surface area contributed by atoms with Gasteiger partial charge in [-0.05, 0) is 32.0 Å². The zero-order valence-corrected chi connectivity index (χ0v) is 12.2. The third-order valence-electron chi connectivity index (χ3n) is 3.50. The Hall–Kier alpha value is -1.72. The van der Waals surface area contributed by atoms with Crippen LogP contribution in [0.1, 0.15) is 11.4 Å². The van der Waals surface area contributed by atoms with Crippen molar-refractivity contribution in [3.63, 3.8) is 0 Å². The molecule has 2 aromatic rings. The lowest BCUT2D eigenvalue weighted by atomic mass is 10.1. The number of amides is 1. The number of rotatable bonds is 3. The third kappa shape index (κ3) is 2.89. The molecule has 0 saturated carbocycles. The average molecular weight is 287 g/mol. The Labute approximate surface area is 122 Å². The molecule has 1 amide bonds. The van der Waals surface area contributed by atoms with Gasteiger partial charge in [-0.25, -0.2) is 4.98 Å². The number of nitrogens with zero attached hydrogens (tertiary/aromatic N) is 1. The van der Waals surface area contributed by atoms with Crippen molar-refractivity contribution in [1.29, 1.82) is 0 Å². The van der Waals surface area contributed by atoms with Crippen LogP contribution in [0.5, 0.6) is 0 Å². The van der Waals surface area contributed by atoms with E-state index >= 15 is 0 Å². The highest BCUT2D eigenvalue weighted by atomic mass is 32.1. The summed E-state index contributed by atoms with van der Waals surface area (Å²) in [4.78, 5) is 16.5. The van der Waals surface area contributed by atoms with Crippen molar-refractivity contribution in [1.82, 2.24) is 10.3 Å². The first-order valence-corrected chi connectivity index (χ1v) is 7.64. The molecule has 2 heterocycles. The fourth-order valence-corrected chi connectivity index (χ4v) is 2.97. The molecule has 0 spiro atoms. The molecule has 4 nitrogen and oxygen atoms in total. The normalized spacial score (nSPS) is 18.1. The first-order valence-electron chi connectivity index (χ1n) is 6.76. The second-order valence-corrected chi connectivity index (χ2v) is 6.07. The lowest BCUT2D eigenvalue weighted by molar-refractivity contribution is -0.119. The molecule has 1 unspecified atom stereocenters. The summed E-state index contributed by atoms with van der Waals surface area (Å²) in [6.45, 7) is 3.71. The Morgan fingerprint density at radius 1 is 1.40 bits per heavy atom. The fourth-order valence-electron chi connectivity index (χ4n) is 2.34. The molecule has 1 aliphatic rings. The van der Waals surface area contributed by atoms with Gasteiger partial charge in [0.25, 0.3) is 0 Å². The van der Waals surface area contributed by atoms with Gasteiger partial charge in [0, 0.05) is 23.2 Å². The highest BCUT2D eigenvalue weighted by molar-refractivity contribution is 7.09. The smallest absolute Gasteiger partial charge is 0.228 e. The van der Waals surface area contributed by atoms with Gasteiger partial charge in [0.1, 0.15) is 0 Å². The van der Waals surface area contributed by atoms with Crippen LogP contribution >= 0.6 is 11.3 Å². The number of hydrogen-bond acceptors (Lipinski definition) is 4. The van der Waals surface area contributed by atoms with E-state index in [4.69, 9.17) is 0 Å². The van der Waals surface area contributed by atoms with Gasteiger partial charge in [-0.2, -0.15) is 0 Å². The molecule has 1 aromatic heterocycles. The number of carbonyl (C=O) groups excluding carboxylic acids is 1. The van der Waals surface area contributed by atoms with Crippen LogP contribution in [0.2, 0.25) is 0 Å². The molecule has 3 rings (SSSR count). The van der Waals surface area contributed by atoms with Crippen molar-refractivity contribution in [2.45, 2.75) is 13.3 Å². The monoisotopic (exact) mass is 287 g/mol. The van der Waals surface area contributed by atoms with E-state index in [2.05, 4.69) is 15.6 Å². The van der Waals surface area contributed by atoms with E-state index in [9.17, 15) is 4.79 Å². The molecule has 1 saturated heterocycles. The average Bonchev–Trinajstić information content (AvgIpc) is 3.10. The first-order chi connectivity index (χ1) is 9.72. The first kappa shape index (κ1) is 13.3. The highest BCUT2D eigenvalue weighted by Crippen LogP contribution is 2.23. The molecule has 0 bridgehead atoms. The molecule has 0 radical (unpaired) electrons. The van der Waals surface area contributed by atoms with E-state index in [1.165, 1.54) is 0 Å². The van der Waals surface area contributed by atoms with Crippen molar-refractivity contribution in [2.24, 2.45) is 5.92 Å². The predicted molar refractivity (Wildman–Crippen MR) is 81.9 cm³/mol. The Morgan fingerprint density at radius 2 is 2.20 bits per heavy atom. The van der Waals surface area contributed by atoms with Crippen LogP contribution in [0.25, 0.3) is 11.3 Å². The fraction of sp³-hybridized carbons (Fsp3) is 0.333. The number of anilines is 1. The Balaban J connectivity index is 1.68. The van der Waals surface area contributed by atoms with Gasteiger partial charge < -0.3 is 10.6 Å². The summed E-state index contributed by atoms with van der Waals surface area (Å²) in [6, 6.07) is 7.86. The van der Waals surface area contributed by atoms with Crippen molar-refractivity contribution in [2.75, 3.05) is 18.4 Å². The van der Waals surface area contributed by atoms with Gasteiger partial charge in [0.2, 0.25) is 5.91 Å². The summed E-state index contributed by atoms with van der Waals surface area (Å²) in [5.74, 6) is 0.197. The van der Waals surface area contributed by atoms with Crippen molar-refractivity contribution >= 4 is 22.9 Å². The van der Waals surface area contributed by atoms with Gasteiger partial charge in [-0.15, -0.1) is 11.3 Å². The summed E-state index contributed by atoms with van der Waals surface area (Å²) in [5, 5.41) is 9.28. The third-order valence-corrected chi connectivity index (χ3v) is 4.27. The predicted octanol–water partition coefficient (Wildman–Crippen LogP) is 2.67. The second kappa shape index (κ2) is 5.73. The zero-order chi connectivity index (χ0) is 13.9. The minimum atomic E-state index is 0.0934. The van der Waals surface area contributed by atoms with Gasteiger partial charge in [-0.3, -0.25) is 4.79 Å². The van der Waals surface area contributed by atoms with Crippen molar-refractivity contribution in [3.8, 4) is 11.3 Å². The van der Waals surface area contributed by atoms with Crippen LogP contribution in [-0.2, 0) is 4.79 Å². The molecule has 1 fully saturated rings. The largest absolute Gasteiger partial charge is 0.326 e. The summed E-state index contributed by atoms with van der Waals surface area (Å²) in [5.41, 5.74) is 2.91. The molecule has 5 heteroatoms. The van der Waals surface area contributed by atoms with E-state index in [1.54, 1.807) is 11.3 Å². The second-order valence-electron chi connectivity index (χ2n) is 5.01. The minimum Gasteiger partial charge on any atom is -0.326 e. The van der Waals surface area contributed by atoms with E-state index in [0.29, 0.717) is 0 Å². The molecule has 1 aromatic carbocycles. The van der Waals surface area contributed by atoms with E-state index < -0.39 is 0 Å². The topological polar surface area (TPSA) is 54.0 Å². The maximum absolute atomic E-state index is 12.0. The number of thiazole rings is 1. The minimum absolute atomic E-state index is 0.0934. The van der Waals surface area contributed by atoms with Crippen LogP contribution in [0.15, 0.2) is 29.6 Å². The van der Waals surface area contributed by atoms with Gasteiger partial charge >= 0.3 is 0 Å². The maximum atomic E-state index is 12.0. The lowest BCUT2D eigenvalue weighted by Gasteiger charge is -2.10. The van der Waals surface area contributed by atoms with E-state index in [0.717, 1.165) is 41.5 Å². The standard InChI is InChI=1S/C15H17N3OS/c1-10-17-14(9-20-10)11-2-4-13(5-3-11)18-15(19)12-6-7-16-8-12/h2-5,9,12,16H,6-8H2,1H3,(H,18,19). The van der Waals surface area contributed by atoms with Crippen LogP contribution < -0.4 is 10.6 Å². The summed E-state index contributed by atoms with van der Waals surface area (Å²) < 4.78 is 0. The van der Waals surface area contributed by atoms with Crippen LogP contribution in [0, 0.1) is 12.8 Å². The number of hydrogen-bond donors (Lipinski definition) is 2. The van der Waals surface area contributed by atoms with Gasteiger partial charge in [-0.1, -0.05) is 12.1 Å². The molecule has 0 aliphatic carbocycles. The number of aromatic nitrogens is 1. The lowest BCUT2D eigenvalue weighted by Crippen LogP contribution is -2.24. The Bertz CT molecular complexity index is 600. The Morgan fingerprint density at radius 3 is 2.80 bits per heavy atom. The molecule has 2 N–H and O–H groups in total. The maximum Gasteiger partial charge on any atom is 0.228 e. The van der Waals surface area contributed by atoms with Crippen LogP contribution in [-0.4, -0.2) is 24.0 Å². The molecule has 20 heavy (non-hydrogen) atoms. The molecular formula is C15H17N3OS. The molecule has 104 valence electrons. The summed E-state index contributed by atoms with van der Waals surface area (Å²) in [7, 11) is 0. The zero-order valence-electron chi connectivity index (χ0n) is 11.3. The summed E-state index contributed by atoms with van der Waals surface area (Å²) in [6.07, 6.45) is 0.919. The van der Waals surface area contributed by atoms with Crippen molar-refractivity contribution in [3.05, 3.63) is 34.7 Å². The Kier molecular flexibility index (Phi) is 3.80. The number of benzene rings is 1. The van der Waals surface area contributed by atoms with Gasteiger partial charge in [0.05, 0.1) is 16.6 Å².